The van der Waals surface area contributed by atoms with Gasteiger partial charge in [-0.1, -0.05) is 48.9 Å². The van der Waals surface area contributed by atoms with Gasteiger partial charge in [0, 0.05) is 12.3 Å². The van der Waals surface area contributed by atoms with Crippen LogP contribution in [0.5, 0.6) is 0 Å². The molecule has 1 aliphatic carbocycles. The third-order valence-corrected chi connectivity index (χ3v) is 4.71. The normalized spacial score (nSPS) is 19.2. The molecule has 0 amide bonds. The highest BCUT2D eigenvalue weighted by molar-refractivity contribution is 6.02. The minimum absolute atomic E-state index is 0.101. The zero-order valence-electron chi connectivity index (χ0n) is 12.0. The first-order chi connectivity index (χ1) is 10.3. The standard InChI is InChI=1S/C20H18O/c21-20-11-4-3-9-18(20)17-10-5-8-16-12-14-6-1-2-7-15(14)13-19(16)17/h1-2,5-8,10,12-13,18H,3-4,9,11H2. The third-order valence-electron chi connectivity index (χ3n) is 4.71. The van der Waals surface area contributed by atoms with Crippen LogP contribution in [-0.4, -0.2) is 5.78 Å². The summed E-state index contributed by atoms with van der Waals surface area (Å²) in [6, 6.07) is 19.3. The molecule has 1 heteroatoms. The summed E-state index contributed by atoms with van der Waals surface area (Å²) in [5.74, 6) is 0.519. The molecule has 104 valence electrons. The average Bonchev–Trinajstić information content (AvgIpc) is 2.53. The average molecular weight is 274 g/mol. The summed E-state index contributed by atoms with van der Waals surface area (Å²) >= 11 is 0. The molecule has 1 saturated carbocycles. The van der Waals surface area contributed by atoms with Crippen molar-refractivity contribution in [1.29, 1.82) is 0 Å². The van der Waals surface area contributed by atoms with Crippen LogP contribution in [0.15, 0.2) is 54.6 Å². The predicted octanol–water partition coefficient (Wildman–Crippen LogP) is 5.22. The van der Waals surface area contributed by atoms with Crippen molar-refractivity contribution in [3.63, 3.8) is 0 Å². The summed E-state index contributed by atoms with van der Waals surface area (Å²) in [7, 11) is 0. The predicted molar refractivity (Wildman–Crippen MR) is 87.7 cm³/mol. The second-order valence-electron chi connectivity index (χ2n) is 6.03. The third kappa shape index (κ3) is 2.13. The van der Waals surface area contributed by atoms with Crippen molar-refractivity contribution in [2.75, 3.05) is 0 Å². The maximum Gasteiger partial charge on any atom is 0.140 e. The first kappa shape index (κ1) is 12.6. The minimum atomic E-state index is 0.101. The number of hydrogen-bond acceptors (Lipinski definition) is 1. The van der Waals surface area contributed by atoms with Crippen molar-refractivity contribution >= 4 is 27.3 Å². The van der Waals surface area contributed by atoms with Crippen molar-refractivity contribution < 1.29 is 4.79 Å². The van der Waals surface area contributed by atoms with Gasteiger partial charge in [0.15, 0.2) is 0 Å². The summed E-state index contributed by atoms with van der Waals surface area (Å²) in [5.41, 5.74) is 1.22. The van der Waals surface area contributed by atoms with Crippen LogP contribution in [0.2, 0.25) is 0 Å². The van der Waals surface area contributed by atoms with Gasteiger partial charge in [-0.25, -0.2) is 0 Å². The Morgan fingerprint density at radius 3 is 2.38 bits per heavy atom. The lowest BCUT2D eigenvalue weighted by molar-refractivity contribution is -0.121. The van der Waals surface area contributed by atoms with Crippen LogP contribution >= 0.6 is 0 Å². The summed E-state index contributed by atoms with van der Waals surface area (Å²) < 4.78 is 0. The molecule has 0 saturated heterocycles. The van der Waals surface area contributed by atoms with E-state index in [0.717, 1.165) is 19.3 Å². The number of benzene rings is 3. The minimum Gasteiger partial charge on any atom is -0.299 e. The van der Waals surface area contributed by atoms with Gasteiger partial charge in [0.05, 0.1) is 0 Å². The monoisotopic (exact) mass is 274 g/mol. The van der Waals surface area contributed by atoms with Crippen molar-refractivity contribution in [2.24, 2.45) is 0 Å². The van der Waals surface area contributed by atoms with Crippen molar-refractivity contribution in [1.82, 2.24) is 0 Å². The summed E-state index contributed by atoms with van der Waals surface area (Å²) in [4.78, 5) is 12.3. The van der Waals surface area contributed by atoms with E-state index >= 15 is 0 Å². The Morgan fingerprint density at radius 2 is 1.57 bits per heavy atom. The van der Waals surface area contributed by atoms with Crippen LogP contribution in [0, 0.1) is 0 Å². The summed E-state index contributed by atoms with van der Waals surface area (Å²) in [6.07, 6.45) is 3.98. The zero-order chi connectivity index (χ0) is 14.2. The number of carbonyl (C=O) groups is 1. The molecule has 0 spiro atoms. The Morgan fingerprint density at radius 1 is 0.810 bits per heavy atom. The van der Waals surface area contributed by atoms with Gasteiger partial charge in [0.25, 0.3) is 0 Å². The van der Waals surface area contributed by atoms with E-state index in [9.17, 15) is 4.79 Å². The van der Waals surface area contributed by atoms with E-state index in [2.05, 4.69) is 54.6 Å². The Labute approximate surface area is 124 Å². The van der Waals surface area contributed by atoms with Gasteiger partial charge in [0.1, 0.15) is 5.78 Å². The molecular formula is C20H18O. The summed E-state index contributed by atoms with van der Waals surface area (Å²) in [5, 5.41) is 5.00. The van der Waals surface area contributed by atoms with Crippen molar-refractivity contribution in [3.8, 4) is 0 Å². The fourth-order valence-electron chi connectivity index (χ4n) is 3.61. The zero-order valence-corrected chi connectivity index (χ0v) is 12.0. The van der Waals surface area contributed by atoms with Crippen LogP contribution in [0.1, 0.15) is 37.2 Å². The van der Waals surface area contributed by atoms with Crippen molar-refractivity contribution in [3.05, 3.63) is 60.2 Å². The maximum absolute atomic E-state index is 12.3. The molecule has 1 atom stereocenters. The fourth-order valence-corrected chi connectivity index (χ4v) is 3.61. The lowest BCUT2D eigenvalue weighted by Crippen LogP contribution is -2.17. The molecule has 1 fully saturated rings. The van der Waals surface area contributed by atoms with E-state index in [0.29, 0.717) is 5.78 Å². The molecule has 3 aromatic rings. The van der Waals surface area contributed by atoms with Crippen LogP contribution in [0.25, 0.3) is 21.5 Å². The van der Waals surface area contributed by atoms with E-state index in [4.69, 9.17) is 0 Å². The Bertz CT molecular complexity index is 831. The quantitative estimate of drug-likeness (QED) is 0.556. The molecule has 3 aromatic carbocycles. The number of carbonyl (C=O) groups excluding carboxylic acids is 1. The Kier molecular flexibility index (Phi) is 2.99. The smallest absolute Gasteiger partial charge is 0.140 e. The molecule has 21 heavy (non-hydrogen) atoms. The lowest BCUT2D eigenvalue weighted by Gasteiger charge is -2.22. The summed E-state index contributed by atoms with van der Waals surface area (Å²) in [6.45, 7) is 0. The molecule has 1 unspecified atom stereocenters. The molecule has 0 aliphatic heterocycles. The van der Waals surface area contributed by atoms with Crippen LogP contribution in [0.3, 0.4) is 0 Å². The molecule has 0 radical (unpaired) electrons. The lowest BCUT2D eigenvalue weighted by atomic mass is 9.81. The Balaban J connectivity index is 1.96. The second-order valence-corrected chi connectivity index (χ2v) is 6.03. The van der Waals surface area contributed by atoms with Crippen LogP contribution < -0.4 is 0 Å². The second kappa shape index (κ2) is 5.00. The van der Waals surface area contributed by atoms with E-state index in [1.165, 1.54) is 33.5 Å². The highest BCUT2D eigenvalue weighted by Gasteiger charge is 2.25. The van der Waals surface area contributed by atoms with E-state index in [-0.39, 0.29) is 5.92 Å². The first-order valence-electron chi connectivity index (χ1n) is 7.77. The van der Waals surface area contributed by atoms with Gasteiger partial charge in [-0.15, -0.1) is 0 Å². The first-order valence-corrected chi connectivity index (χ1v) is 7.77. The molecule has 0 N–H and O–H groups in total. The van der Waals surface area contributed by atoms with Crippen LogP contribution in [-0.2, 0) is 4.79 Å². The van der Waals surface area contributed by atoms with Gasteiger partial charge < -0.3 is 0 Å². The van der Waals surface area contributed by atoms with Gasteiger partial charge in [-0.05, 0) is 52.1 Å². The highest BCUT2D eigenvalue weighted by Crippen LogP contribution is 2.35. The van der Waals surface area contributed by atoms with Gasteiger partial charge >= 0.3 is 0 Å². The number of rotatable bonds is 1. The number of fused-ring (bicyclic) bond motifs is 2. The number of hydrogen-bond donors (Lipinski definition) is 0. The highest BCUT2D eigenvalue weighted by atomic mass is 16.1. The largest absolute Gasteiger partial charge is 0.299 e. The number of ketones is 1. The number of Topliss-reactive ketones (excluding diaryl/α,β-unsaturated/α-hetero) is 1. The van der Waals surface area contributed by atoms with Crippen LogP contribution in [0.4, 0.5) is 0 Å². The molecule has 1 nitrogen and oxygen atoms in total. The SMILES string of the molecule is O=C1CCCCC1c1cccc2cc3ccccc3cc12. The van der Waals surface area contributed by atoms with Gasteiger partial charge in [-0.2, -0.15) is 0 Å². The molecular weight excluding hydrogens is 256 g/mol. The molecule has 0 bridgehead atoms. The van der Waals surface area contributed by atoms with Gasteiger partial charge in [-0.3, -0.25) is 4.79 Å². The van der Waals surface area contributed by atoms with E-state index < -0.39 is 0 Å². The molecule has 1 aliphatic rings. The topological polar surface area (TPSA) is 17.1 Å². The van der Waals surface area contributed by atoms with Crippen molar-refractivity contribution in [2.45, 2.75) is 31.6 Å². The maximum atomic E-state index is 12.3. The Hall–Kier alpha value is -2.15. The molecule has 4 rings (SSSR count). The molecule has 0 heterocycles. The van der Waals surface area contributed by atoms with E-state index in [1.54, 1.807) is 0 Å². The van der Waals surface area contributed by atoms with E-state index in [1.807, 2.05) is 0 Å². The van der Waals surface area contributed by atoms with Gasteiger partial charge in [0.2, 0.25) is 0 Å². The fraction of sp³-hybridized carbons (Fsp3) is 0.250. The molecule has 0 aromatic heterocycles.